The van der Waals surface area contributed by atoms with Gasteiger partial charge in [0.05, 0.1) is 4.90 Å². The van der Waals surface area contributed by atoms with Crippen molar-refractivity contribution in [3.8, 4) is 0 Å². The molecule has 0 spiro atoms. The number of nitrogens with one attached hydrogen (secondary N) is 1. The van der Waals surface area contributed by atoms with Crippen LogP contribution in [0.15, 0.2) is 29.2 Å². The average molecular weight is 392 g/mol. The standard InChI is InChI=1S/C20H33NO3S.Na.H/c1-2-3-4-5-6-7-8-9-10-11-12-13-20(22)21-18-14-16-19(17-15-18)25(23)24;;/h14-17H,2-13H2,1H3,(H,21,22)(H,23,24);;/q;+1;-1. The summed E-state index contributed by atoms with van der Waals surface area (Å²) in [5.74, 6) is 0.00814. The summed E-state index contributed by atoms with van der Waals surface area (Å²) >= 11 is -1.98. The van der Waals surface area contributed by atoms with E-state index in [-0.39, 0.29) is 36.9 Å². The van der Waals surface area contributed by atoms with E-state index in [2.05, 4.69) is 12.2 Å². The second-order valence-corrected chi connectivity index (χ2v) is 7.58. The molecule has 4 nitrogen and oxygen atoms in total. The van der Waals surface area contributed by atoms with Gasteiger partial charge in [-0.1, -0.05) is 71.1 Å². The summed E-state index contributed by atoms with van der Waals surface area (Å²) in [6.45, 7) is 2.25. The molecule has 2 N–H and O–H groups in total. The second kappa shape index (κ2) is 16.9. The van der Waals surface area contributed by atoms with Gasteiger partial charge in [0.25, 0.3) is 0 Å². The van der Waals surface area contributed by atoms with E-state index < -0.39 is 11.1 Å². The van der Waals surface area contributed by atoms with Gasteiger partial charge in [-0.2, -0.15) is 0 Å². The molecule has 0 aliphatic heterocycles. The van der Waals surface area contributed by atoms with Gasteiger partial charge < -0.3 is 11.3 Å². The molecule has 0 aliphatic carbocycles. The summed E-state index contributed by atoms with van der Waals surface area (Å²) in [6, 6.07) is 6.41. The van der Waals surface area contributed by atoms with Crippen LogP contribution >= 0.6 is 0 Å². The van der Waals surface area contributed by atoms with Crippen molar-refractivity contribution in [2.75, 3.05) is 5.32 Å². The van der Waals surface area contributed by atoms with Gasteiger partial charge in [0, 0.05) is 12.1 Å². The molecule has 144 valence electrons. The molecule has 0 saturated heterocycles. The molecule has 0 heterocycles. The number of amides is 1. The fourth-order valence-electron chi connectivity index (χ4n) is 2.83. The molecule has 0 fully saturated rings. The van der Waals surface area contributed by atoms with Crippen LogP contribution in [0.3, 0.4) is 0 Å². The van der Waals surface area contributed by atoms with Crippen LogP contribution in [0.1, 0.15) is 85.4 Å². The van der Waals surface area contributed by atoms with Crippen LogP contribution < -0.4 is 34.9 Å². The number of unbranched alkanes of at least 4 members (excludes halogenated alkanes) is 10. The zero-order valence-corrected chi connectivity index (χ0v) is 19.3. The second-order valence-electron chi connectivity index (χ2n) is 6.61. The van der Waals surface area contributed by atoms with Gasteiger partial charge in [-0.15, -0.1) is 0 Å². The molecule has 1 amide bonds. The normalized spacial score (nSPS) is 11.6. The predicted molar refractivity (Wildman–Crippen MR) is 106 cm³/mol. The van der Waals surface area contributed by atoms with Crippen LogP contribution in [0.4, 0.5) is 5.69 Å². The Labute approximate surface area is 185 Å². The van der Waals surface area contributed by atoms with Crippen LogP contribution in [-0.4, -0.2) is 14.7 Å². The molecule has 1 atom stereocenters. The van der Waals surface area contributed by atoms with Crippen molar-refractivity contribution in [3.63, 3.8) is 0 Å². The molecular formula is C20H34NNaO3S. The van der Waals surface area contributed by atoms with E-state index in [1.807, 2.05) is 0 Å². The van der Waals surface area contributed by atoms with Crippen LogP contribution in [0.5, 0.6) is 0 Å². The van der Waals surface area contributed by atoms with Gasteiger partial charge in [0.2, 0.25) is 5.91 Å². The van der Waals surface area contributed by atoms with E-state index in [1.54, 1.807) is 24.3 Å². The van der Waals surface area contributed by atoms with E-state index in [9.17, 15) is 9.00 Å². The molecule has 1 aromatic rings. The maximum absolute atomic E-state index is 11.9. The minimum absolute atomic E-state index is 0. The number of carbonyl (C=O) groups is 1. The number of anilines is 1. The summed E-state index contributed by atoms with van der Waals surface area (Å²) in [6.07, 6.45) is 14.5. The smallest absolute Gasteiger partial charge is 1.00 e. The summed E-state index contributed by atoms with van der Waals surface area (Å²) in [4.78, 5) is 12.2. The van der Waals surface area contributed by atoms with Crippen molar-refractivity contribution in [2.45, 2.75) is 88.9 Å². The monoisotopic (exact) mass is 391 g/mol. The van der Waals surface area contributed by atoms with Crippen molar-refractivity contribution >= 4 is 22.7 Å². The minimum Gasteiger partial charge on any atom is -1.00 e. The molecule has 0 aromatic heterocycles. The SMILES string of the molecule is CCCCCCCCCCCCCC(=O)Nc1ccc(S(=O)O)cc1.[H-].[Na+]. The molecular weight excluding hydrogens is 357 g/mol. The number of rotatable bonds is 14. The minimum atomic E-state index is -1.98. The molecule has 1 unspecified atom stereocenters. The third kappa shape index (κ3) is 13.0. The summed E-state index contributed by atoms with van der Waals surface area (Å²) in [5, 5.41) is 2.82. The quantitative estimate of drug-likeness (QED) is 0.291. The Balaban J connectivity index is 0. The van der Waals surface area contributed by atoms with Gasteiger partial charge in [0.1, 0.15) is 0 Å². The number of hydrogen-bond acceptors (Lipinski definition) is 2. The van der Waals surface area contributed by atoms with Gasteiger partial charge in [-0.25, -0.2) is 4.21 Å². The predicted octanol–water partition coefficient (Wildman–Crippen LogP) is 3.02. The summed E-state index contributed by atoms with van der Waals surface area (Å²) in [5.41, 5.74) is 0.669. The van der Waals surface area contributed by atoms with E-state index in [1.165, 1.54) is 57.8 Å². The van der Waals surface area contributed by atoms with Crippen molar-refractivity contribution in [3.05, 3.63) is 24.3 Å². The fraction of sp³-hybridized carbons (Fsp3) is 0.650. The topological polar surface area (TPSA) is 66.4 Å². The Morgan fingerprint density at radius 2 is 1.38 bits per heavy atom. The molecule has 26 heavy (non-hydrogen) atoms. The van der Waals surface area contributed by atoms with Gasteiger partial charge >= 0.3 is 29.6 Å². The van der Waals surface area contributed by atoms with Crippen molar-refractivity contribution < 1.29 is 44.5 Å². The first kappa shape index (κ1) is 25.8. The van der Waals surface area contributed by atoms with E-state index in [0.717, 1.165) is 12.8 Å². The zero-order valence-electron chi connectivity index (χ0n) is 17.5. The van der Waals surface area contributed by atoms with Crippen molar-refractivity contribution in [2.24, 2.45) is 0 Å². The molecule has 6 heteroatoms. The van der Waals surface area contributed by atoms with Gasteiger partial charge in [0.15, 0.2) is 11.1 Å². The Morgan fingerprint density at radius 1 is 0.923 bits per heavy atom. The Bertz CT molecular complexity index is 514. The largest absolute Gasteiger partial charge is 1.00 e. The molecule has 0 radical (unpaired) electrons. The van der Waals surface area contributed by atoms with E-state index in [4.69, 9.17) is 4.55 Å². The maximum Gasteiger partial charge on any atom is 1.00 e. The van der Waals surface area contributed by atoms with Crippen molar-refractivity contribution in [1.82, 2.24) is 0 Å². The van der Waals surface area contributed by atoms with Crippen molar-refractivity contribution in [1.29, 1.82) is 0 Å². The zero-order chi connectivity index (χ0) is 18.3. The molecule has 1 aromatic carbocycles. The van der Waals surface area contributed by atoms with Gasteiger partial charge in [-0.3, -0.25) is 4.79 Å². The first-order chi connectivity index (χ1) is 12.1. The van der Waals surface area contributed by atoms with E-state index >= 15 is 0 Å². The summed E-state index contributed by atoms with van der Waals surface area (Å²) in [7, 11) is 0. The Morgan fingerprint density at radius 3 is 1.85 bits per heavy atom. The maximum atomic E-state index is 11.9. The van der Waals surface area contributed by atoms with Crippen LogP contribution in [0, 0.1) is 0 Å². The number of carbonyl (C=O) groups excluding carboxylic acids is 1. The number of hydrogen-bond donors (Lipinski definition) is 2. The van der Waals surface area contributed by atoms with Crippen LogP contribution in [-0.2, 0) is 15.9 Å². The molecule has 0 bridgehead atoms. The van der Waals surface area contributed by atoms with E-state index in [0.29, 0.717) is 17.0 Å². The molecule has 1 rings (SSSR count). The first-order valence-corrected chi connectivity index (χ1v) is 10.7. The van der Waals surface area contributed by atoms with Crippen LogP contribution in [0.25, 0.3) is 0 Å². The molecule has 0 saturated carbocycles. The molecule has 0 aliphatic rings. The van der Waals surface area contributed by atoms with Gasteiger partial charge in [-0.05, 0) is 30.7 Å². The third-order valence-corrected chi connectivity index (χ3v) is 5.02. The first-order valence-electron chi connectivity index (χ1n) is 9.64. The third-order valence-electron chi connectivity index (χ3n) is 4.35. The average Bonchev–Trinajstić information content (AvgIpc) is 2.60. The number of benzene rings is 1. The van der Waals surface area contributed by atoms with Crippen LogP contribution in [0.2, 0.25) is 0 Å². The Hall–Kier alpha value is -0.200. The summed E-state index contributed by atoms with van der Waals surface area (Å²) < 4.78 is 19.8. The fourth-order valence-corrected chi connectivity index (χ4v) is 3.20. The Kier molecular flexibility index (Phi) is 16.8.